The molecule has 1 aromatic heterocycles. The molecule has 0 saturated heterocycles. The molecule has 0 radical (unpaired) electrons. The lowest BCUT2D eigenvalue weighted by atomic mass is 9.87. The Kier molecular flexibility index (Phi) is 5.12. The van der Waals surface area contributed by atoms with Crippen molar-refractivity contribution in [3.63, 3.8) is 0 Å². The van der Waals surface area contributed by atoms with Gasteiger partial charge in [-0.1, -0.05) is 97.1 Å². The number of ether oxygens (including phenoxy) is 1. The molecule has 2 heteroatoms. The Morgan fingerprint density at radius 1 is 0.676 bits per heavy atom. The highest BCUT2D eigenvalue weighted by Crippen LogP contribution is 2.44. The molecule has 0 spiro atoms. The highest BCUT2D eigenvalue weighted by molar-refractivity contribution is 5.99. The first-order chi connectivity index (χ1) is 16.8. The largest absolute Gasteiger partial charge is 0.497 e. The molecule has 0 unspecified atom stereocenters. The standard InChI is InChI=1S/C32H25NO/c1-34-26-18-16-24(17-19-26)29-21-25(22-10-4-2-5-11-22)20-28(23-12-6-3-7-13-23)31-27-14-8-9-15-30(27)33-32(29)31/h2-21,28,33H,1H3/t28-/m0/s1. The van der Waals surface area contributed by atoms with Crippen LogP contribution in [-0.4, -0.2) is 12.1 Å². The minimum Gasteiger partial charge on any atom is -0.497 e. The quantitative estimate of drug-likeness (QED) is 0.303. The third kappa shape index (κ3) is 3.54. The average Bonchev–Trinajstić information content (AvgIpc) is 3.20. The monoisotopic (exact) mass is 439 g/mol. The second kappa shape index (κ2) is 8.57. The average molecular weight is 440 g/mol. The SMILES string of the molecule is COc1ccc(C2=CC(c3ccccc3)=C[C@@H](c3ccccc3)c3c2[nH]c2ccccc32)cc1. The van der Waals surface area contributed by atoms with Crippen molar-refractivity contribution in [3.05, 3.63) is 149 Å². The van der Waals surface area contributed by atoms with E-state index in [4.69, 9.17) is 4.74 Å². The van der Waals surface area contributed by atoms with Crippen LogP contribution in [0.5, 0.6) is 5.75 Å². The van der Waals surface area contributed by atoms with Gasteiger partial charge in [-0.25, -0.2) is 0 Å². The topological polar surface area (TPSA) is 25.0 Å². The molecule has 0 aliphatic heterocycles. The molecule has 0 amide bonds. The molecular weight excluding hydrogens is 414 g/mol. The van der Waals surface area contributed by atoms with E-state index in [2.05, 4.69) is 114 Å². The van der Waals surface area contributed by atoms with E-state index in [1.807, 2.05) is 12.1 Å². The van der Waals surface area contributed by atoms with Gasteiger partial charge in [0.1, 0.15) is 5.75 Å². The van der Waals surface area contributed by atoms with Crippen LogP contribution in [0.4, 0.5) is 0 Å². The van der Waals surface area contributed by atoms with Gasteiger partial charge in [-0.2, -0.15) is 0 Å². The van der Waals surface area contributed by atoms with Gasteiger partial charge in [0.2, 0.25) is 0 Å². The fraction of sp³-hybridized carbons (Fsp3) is 0.0625. The third-order valence-electron chi connectivity index (χ3n) is 6.64. The van der Waals surface area contributed by atoms with Gasteiger partial charge < -0.3 is 9.72 Å². The maximum atomic E-state index is 5.43. The van der Waals surface area contributed by atoms with E-state index in [0.717, 1.165) is 16.8 Å². The molecule has 0 bridgehead atoms. The van der Waals surface area contributed by atoms with Crippen molar-refractivity contribution >= 4 is 22.0 Å². The maximum absolute atomic E-state index is 5.43. The number of aromatic amines is 1. The second-order valence-electron chi connectivity index (χ2n) is 8.62. The van der Waals surface area contributed by atoms with Crippen LogP contribution in [0, 0.1) is 0 Å². The Balaban J connectivity index is 1.66. The van der Waals surface area contributed by atoms with E-state index in [1.165, 1.54) is 38.9 Å². The normalized spacial score (nSPS) is 15.3. The molecule has 5 aromatic rings. The number of fused-ring (bicyclic) bond motifs is 3. The van der Waals surface area contributed by atoms with E-state index in [0.29, 0.717) is 0 Å². The van der Waals surface area contributed by atoms with E-state index in [1.54, 1.807) is 7.11 Å². The molecule has 0 saturated carbocycles. The van der Waals surface area contributed by atoms with Gasteiger partial charge in [-0.3, -0.25) is 0 Å². The summed E-state index contributed by atoms with van der Waals surface area (Å²) in [5.41, 5.74) is 9.69. The molecule has 34 heavy (non-hydrogen) atoms. The Hall–Kier alpha value is -4.30. The van der Waals surface area contributed by atoms with Gasteiger partial charge in [0, 0.05) is 22.4 Å². The van der Waals surface area contributed by atoms with Gasteiger partial charge in [0.05, 0.1) is 12.8 Å². The molecule has 1 aliphatic carbocycles. The van der Waals surface area contributed by atoms with Crippen LogP contribution >= 0.6 is 0 Å². The lowest BCUT2D eigenvalue weighted by Crippen LogP contribution is -2.00. The molecule has 1 heterocycles. The van der Waals surface area contributed by atoms with Crippen LogP contribution in [0.2, 0.25) is 0 Å². The minimum absolute atomic E-state index is 0.120. The fourth-order valence-electron chi connectivity index (χ4n) is 4.97. The zero-order chi connectivity index (χ0) is 22.9. The van der Waals surface area contributed by atoms with Crippen LogP contribution in [0.15, 0.2) is 121 Å². The number of benzene rings is 4. The van der Waals surface area contributed by atoms with Crippen LogP contribution in [0.25, 0.3) is 22.0 Å². The third-order valence-corrected chi connectivity index (χ3v) is 6.64. The molecule has 164 valence electrons. The fourth-order valence-corrected chi connectivity index (χ4v) is 4.97. The number of allylic oxidation sites excluding steroid dienone is 3. The lowest BCUT2D eigenvalue weighted by Gasteiger charge is -2.16. The van der Waals surface area contributed by atoms with Crippen LogP contribution in [0.3, 0.4) is 0 Å². The van der Waals surface area contributed by atoms with Crippen LogP contribution in [-0.2, 0) is 0 Å². The predicted molar refractivity (Wildman–Crippen MR) is 141 cm³/mol. The zero-order valence-corrected chi connectivity index (χ0v) is 19.0. The van der Waals surface area contributed by atoms with Crippen molar-refractivity contribution in [2.45, 2.75) is 5.92 Å². The Labute approximate surface area is 199 Å². The summed E-state index contributed by atoms with van der Waals surface area (Å²) in [6, 6.07) is 38.4. The molecular formula is C32H25NO. The lowest BCUT2D eigenvalue weighted by molar-refractivity contribution is 0.415. The van der Waals surface area contributed by atoms with E-state index in [9.17, 15) is 0 Å². The number of rotatable bonds is 4. The van der Waals surface area contributed by atoms with Crippen molar-refractivity contribution < 1.29 is 4.74 Å². The van der Waals surface area contributed by atoms with Crippen molar-refractivity contribution in [1.29, 1.82) is 0 Å². The summed E-state index contributed by atoms with van der Waals surface area (Å²) < 4.78 is 5.43. The number of nitrogens with one attached hydrogen (secondary N) is 1. The number of methoxy groups -OCH3 is 1. The van der Waals surface area contributed by atoms with E-state index < -0.39 is 0 Å². The molecule has 1 aliphatic rings. The summed E-state index contributed by atoms with van der Waals surface area (Å²) in [6.45, 7) is 0. The highest BCUT2D eigenvalue weighted by Gasteiger charge is 2.26. The van der Waals surface area contributed by atoms with E-state index in [-0.39, 0.29) is 5.92 Å². The summed E-state index contributed by atoms with van der Waals surface area (Å²) in [5, 5.41) is 1.26. The first-order valence-corrected chi connectivity index (χ1v) is 11.6. The van der Waals surface area contributed by atoms with Crippen LogP contribution in [0.1, 0.15) is 33.9 Å². The zero-order valence-electron chi connectivity index (χ0n) is 19.0. The number of aromatic nitrogens is 1. The molecule has 2 nitrogen and oxygen atoms in total. The second-order valence-corrected chi connectivity index (χ2v) is 8.62. The first kappa shape index (κ1) is 20.3. The number of H-pyrrole nitrogens is 1. The van der Waals surface area contributed by atoms with Gasteiger partial charge in [0.15, 0.2) is 0 Å². The van der Waals surface area contributed by atoms with Crippen molar-refractivity contribution in [3.8, 4) is 5.75 Å². The van der Waals surface area contributed by atoms with Crippen molar-refractivity contribution in [2.24, 2.45) is 0 Å². The number of hydrogen-bond acceptors (Lipinski definition) is 1. The molecule has 6 rings (SSSR count). The Morgan fingerprint density at radius 2 is 1.35 bits per heavy atom. The Bertz CT molecular complexity index is 1510. The number of hydrogen-bond donors (Lipinski definition) is 1. The number of para-hydroxylation sites is 1. The maximum Gasteiger partial charge on any atom is 0.118 e. The summed E-state index contributed by atoms with van der Waals surface area (Å²) in [6.07, 6.45) is 4.74. The van der Waals surface area contributed by atoms with Crippen LogP contribution < -0.4 is 4.74 Å². The van der Waals surface area contributed by atoms with Gasteiger partial charge in [-0.05, 0) is 52.1 Å². The summed E-state index contributed by atoms with van der Waals surface area (Å²) in [7, 11) is 1.70. The van der Waals surface area contributed by atoms with Gasteiger partial charge in [-0.15, -0.1) is 0 Å². The molecule has 0 fully saturated rings. The van der Waals surface area contributed by atoms with E-state index >= 15 is 0 Å². The predicted octanol–water partition coefficient (Wildman–Crippen LogP) is 7.84. The van der Waals surface area contributed by atoms with Crippen molar-refractivity contribution in [2.75, 3.05) is 7.11 Å². The summed E-state index contributed by atoms with van der Waals surface area (Å²) in [4.78, 5) is 3.77. The molecule has 4 aromatic carbocycles. The Morgan fingerprint density at radius 3 is 2.09 bits per heavy atom. The molecule has 1 N–H and O–H groups in total. The summed E-state index contributed by atoms with van der Waals surface area (Å²) in [5.74, 6) is 0.977. The minimum atomic E-state index is 0.120. The van der Waals surface area contributed by atoms with Crippen molar-refractivity contribution in [1.82, 2.24) is 4.98 Å². The van der Waals surface area contributed by atoms with Gasteiger partial charge in [0.25, 0.3) is 0 Å². The van der Waals surface area contributed by atoms with Gasteiger partial charge >= 0.3 is 0 Å². The highest BCUT2D eigenvalue weighted by atomic mass is 16.5. The summed E-state index contributed by atoms with van der Waals surface area (Å²) >= 11 is 0. The smallest absolute Gasteiger partial charge is 0.118 e. The molecule has 1 atom stereocenters. The first-order valence-electron chi connectivity index (χ1n) is 11.6.